The van der Waals surface area contributed by atoms with Crippen molar-refractivity contribution in [2.45, 2.75) is 13.5 Å². The van der Waals surface area contributed by atoms with E-state index in [1.54, 1.807) is 24.3 Å². The second-order valence-electron chi connectivity index (χ2n) is 4.32. The van der Waals surface area contributed by atoms with Crippen molar-refractivity contribution in [1.29, 1.82) is 5.26 Å². The summed E-state index contributed by atoms with van der Waals surface area (Å²) in [6.07, 6.45) is 0. The highest BCUT2D eigenvalue weighted by Gasteiger charge is 2.11. The molecule has 0 spiro atoms. The van der Waals surface area contributed by atoms with Crippen LogP contribution in [-0.2, 0) is 6.61 Å². The van der Waals surface area contributed by atoms with E-state index >= 15 is 0 Å². The monoisotopic (exact) mass is 334 g/mol. The van der Waals surface area contributed by atoms with Gasteiger partial charge in [0.2, 0.25) is 0 Å². The Balaban J connectivity index is 2.24. The summed E-state index contributed by atoms with van der Waals surface area (Å²) in [4.78, 5) is 0. The zero-order valence-electron chi connectivity index (χ0n) is 10.8. The van der Waals surface area contributed by atoms with E-state index in [2.05, 4.69) is 15.9 Å². The van der Waals surface area contributed by atoms with E-state index in [1.807, 2.05) is 13.0 Å². The Kier molecular flexibility index (Phi) is 4.26. The fraction of sp³-hybridized carbons (Fsp3) is 0.133. The smallest absolute Gasteiger partial charge is 0.147 e. The Labute approximate surface area is 124 Å². The molecule has 2 aromatic rings. The molecule has 20 heavy (non-hydrogen) atoms. The lowest BCUT2D eigenvalue weighted by Crippen LogP contribution is -2.03. The second-order valence-corrected chi connectivity index (χ2v) is 5.24. The van der Waals surface area contributed by atoms with Crippen LogP contribution >= 0.6 is 15.9 Å². The lowest BCUT2D eigenvalue weighted by molar-refractivity contribution is 0.299. The number of nitrogens with two attached hydrogens (primary N) is 1. The van der Waals surface area contributed by atoms with Crippen molar-refractivity contribution in [3.63, 3.8) is 0 Å². The average molecular weight is 335 g/mol. The Morgan fingerprint density at radius 3 is 2.80 bits per heavy atom. The minimum atomic E-state index is -0.552. The molecule has 0 bridgehead atoms. The normalized spacial score (nSPS) is 10.1. The van der Waals surface area contributed by atoms with Gasteiger partial charge in [-0.3, -0.25) is 0 Å². The molecule has 0 heterocycles. The van der Waals surface area contributed by atoms with Crippen LogP contribution in [0.2, 0.25) is 0 Å². The van der Waals surface area contributed by atoms with Gasteiger partial charge in [-0.05, 0) is 30.7 Å². The molecule has 2 aromatic carbocycles. The van der Waals surface area contributed by atoms with Gasteiger partial charge in [0.05, 0.1) is 11.3 Å². The van der Waals surface area contributed by atoms with E-state index in [9.17, 15) is 4.39 Å². The molecular formula is C15H12BrFN2O. The molecule has 2 rings (SSSR count). The minimum Gasteiger partial charge on any atom is -0.486 e. The van der Waals surface area contributed by atoms with Crippen LogP contribution in [0.5, 0.6) is 5.75 Å². The van der Waals surface area contributed by atoms with Gasteiger partial charge < -0.3 is 10.5 Å². The lowest BCUT2D eigenvalue weighted by Gasteiger charge is -2.13. The fourth-order valence-electron chi connectivity index (χ4n) is 1.88. The van der Waals surface area contributed by atoms with E-state index in [-0.39, 0.29) is 12.2 Å². The summed E-state index contributed by atoms with van der Waals surface area (Å²) in [5.74, 6) is -0.0294. The minimum absolute atomic E-state index is 0.00611. The number of hydrogen-bond donors (Lipinski definition) is 1. The van der Waals surface area contributed by atoms with Crippen molar-refractivity contribution in [1.82, 2.24) is 0 Å². The van der Waals surface area contributed by atoms with Gasteiger partial charge in [-0.1, -0.05) is 28.1 Å². The van der Waals surface area contributed by atoms with Gasteiger partial charge in [-0.2, -0.15) is 5.26 Å². The number of rotatable bonds is 3. The third-order valence-corrected chi connectivity index (χ3v) is 3.30. The van der Waals surface area contributed by atoms with Crippen molar-refractivity contribution in [3.05, 3.63) is 57.3 Å². The van der Waals surface area contributed by atoms with Crippen LogP contribution in [0.1, 0.15) is 16.7 Å². The van der Waals surface area contributed by atoms with Gasteiger partial charge in [0.1, 0.15) is 24.2 Å². The summed E-state index contributed by atoms with van der Waals surface area (Å²) < 4.78 is 20.4. The molecule has 5 heteroatoms. The van der Waals surface area contributed by atoms with E-state index < -0.39 is 5.82 Å². The van der Waals surface area contributed by atoms with E-state index in [0.29, 0.717) is 17.0 Å². The number of nitriles is 1. The number of ether oxygens (including phenoxy) is 1. The zero-order valence-corrected chi connectivity index (χ0v) is 12.4. The standard InChI is InChI=1S/C15H12BrFN2O/c1-9-5-12(16)6-13(19)15(9)20-8-11-4-2-3-10(7-18)14(11)17/h2-6H,8,19H2,1H3. The maximum atomic E-state index is 13.9. The van der Waals surface area contributed by atoms with Gasteiger partial charge >= 0.3 is 0 Å². The summed E-state index contributed by atoms with van der Waals surface area (Å²) in [6, 6.07) is 10.0. The fourth-order valence-corrected chi connectivity index (χ4v) is 2.47. The first-order valence-electron chi connectivity index (χ1n) is 5.89. The molecule has 0 unspecified atom stereocenters. The molecule has 0 radical (unpaired) electrons. The molecule has 0 amide bonds. The van der Waals surface area contributed by atoms with Crippen LogP contribution in [0.15, 0.2) is 34.8 Å². The zero-order chi connectivity index (χ0) is 14.7. The molecule has 0 saturated carbocycles. The SMILES string of the molecule is Cc1cc(Br)cc(N)c1OCc1cccc(C#N)c1F. The van der Waals surface area contributed by atoms with Crippen molar-refractivity contribution in [2.75, 3.05) is 5.73 Å². The molecule has 0 saturated heterocycles. The highest BCUT2D eigenvalue weighted by molar-refractivity contribution is 9.10. The van der Waals surface area contributed by atoms with Gasteiger partial charge in [0.25, 0.3) is 0 Å². The Bertz CT molecular complexity index is 672. The lowest BCUT2D eigenvalue weighted by atomic mass is 10.1. The van der Waals surface area contributed by atoms with Crippen LogP contribution in [0.3, 0.4) is 0 Å². The summed E-state index contributed by atoms with van der Waals surface area (Å²) in [6.45, 7) is 1.88. The Hall–Kier alpha value is -2.06. The number of halogens is 2. The Morgan fingerprint density at radius 2 is 2.15 bits per heavy atom. The van der Waals surface area contributed by atoms with Crippen molar-refractivity contribution in [2.24, 2.45) is 0 Å². The summed E-state index contributed by atoms with van der Waals surface area (Å²) in [5, 5.41) is 8.79. The van der Waals surface area contributed by atoms with Crippen LogP contribution < -0.4 is 10.5 Å². The number of anilines is 1. The maximum absolute atomic E-state index is 13.9. The summed E-state index contributed by atoms with van der Waals surface area (Å²) >= 11 is 3.34. The largest absolute Gasteiger partial charge is 0.486 e. The van der Waals surface area contributed by atoms with E-state index in [4.69, 9.17) is 15.7 Å². The Morgan fingerprint density at radius 1 is 1.40 bits per heavy atom. The molecule has 0 aliphatic heterocycles. The molecule has 102 valence electrons. The third-order valence-electron chi connectivity index (χ3n) is 2.84. The van der Waals surface area contributed by atoms with Crippen molar-refractivity contribution in [3.8, 4) is 11.8 Å². The number of aryl methyl sites for hydroxylation is 1. The molecule has 2 N–H and O–H groups in total. The number of hydrogen-bond acceptors (Lipinski definition) is 3. The van der Waals surface area contributed by atoms with E-state index in [1.165, 1.54) is 6.07 Å². The first kappa shape index (κ1) is 14.4. The van der Waals surface area contributed by atoms with Crippen LogP contribution in [-0.4, -0.2) is 0 Å². The molecular weight excluding hydrogens is 323 g/mol. The van der Waals surface area contributed by atoms with Gasteiger partial charge in [0, 0.05) is 10.0 Å². The topological polar surface area (TPSA) is 59.0 Å². The molecule has 0 atom stereocenters. The number of nitrogens with zero attached hydrogens (tertiary/aromatic N) is 1. The van der Waals surface area contributed by atoms with Crippen LogP contribution in [0.4, 0.5) is 10.1 Å². The molecule has 0 aliphatic rings. The maximum Gasteiger partial charge on any atom is 0.147 e. The highest BCUT2D eigenvalue weighted by atomic mass is 79.9. The van der Waals surface area contributed by atoms with E-state index in [0.717, 1.165) is 10.0 Å². The van der Waals surface area contributed by atoms with Gasteiger partial charge in [0.15, 0.2) is 0 Å². The average Bonchev–Trinajstić information content (AvgIpc) is 2.39. The summed E-state index contributed by atoms with van der Waals surface area (Å²) in [7, 11) is 0. The van der Waals surface area contributed by atoms with Crippen molar-refractivity contribution >= 4 is 21.6 Å². The third kappa shape index (κ3) is 2.91. The first-order chi connectivity index (χ1) is 9.52. The predicted octanol–water partition coefficient (Wildman–Crippen LogP) is 3.93. The van der Waals surface area contributed by atoms with Crippen molar-refractivity contribution < 1.29 is 9.13 Å². The van der Waals surface area contributed by atoms with Gasteiger partial charge in [-0.15, -0.1) is 0 Å². The molecule has 3 nitrogen and oxygen atoms in total. The second kappa shape index (κ2) is 5.93. The highest BCUT2D eigenvalue weighted by Crippen LogP contribution is 2.31. The predicted molar refractivity (Wildman–Crippen MR) is 78.7 cm³/mol. The van der Waals surface area contributed by atoms with Crippen LogP contribution in [0.25, 0.3) is 0 Å². The summed E-state index contributed by atoms with van der Waals surface area (Å²) in [5.41, 5.74) is 7.55. The van der Waals surface area contributed by atoms with Crippen LogP contribution in [0, 0.1) is 24.1 Å². The quantitative estimate of drug-likeness (QED) is 0.865. The number of benzene rings is 2. The molecule has 0 fully saturated rings. The first-order valence-corrected chi connectivity index (χ1v) is 6.68. The molecule has 0 aliphatic carbocycles. The number of nitrogen functional groups attached to an aromatic ring is 1. The molecule has 0 aromatic heterocycles. The van der Waals surface area contributed by atoms with Gasteiger partial charge in [-0.25, -0.2) is 4.39 Å².